The zero-order valence-electron chi connectivity index (χ0n) is 7.36. The smallest absolute Gasteiger partial charge is 0.145 e. The molecule has 0 fully saturated rings. The van der Waals surface area contributed by atoms with Crippen LogP contribution in [0.2, 0.25) is 0 Å². The van der Waals surface area contributed by atoms with E-state index in [9.17, 15) is 0 Å². The van der Waals surface area contributed by atoms with Gasteiger partial charge in [0.2, 0.25) is 0 Å². The zero-order chi connectivity index (χ0) is 8.69. The van der Waals surface area contributed by atoms with Gasteiger partial charge in [-0.15, -0.1) is 0 Å². The van der Waals surface area contributed by atoms with Crippen LogP contribution in [0.3, 0.4) is 0 Å². The standard InChI is InChI=1S/C6H10N2O.C2H6/c1-8-4-2-3-7-5-6(8)9;1-2/h2-4,6,9H,5H2,1H3;1-2H3. The lowest BCUT2D eigenvalue weighted by Crippen LogP contribution is -2.28. The fourth-order valence-electron chi connectivity index (χ4n) is 0.618. The molecule has 0 aliphatic carbocycles. The summed E-state index contributed by atoms with van der Waals surface area (Å²) in [6.07, 6.45) is 4.82. The van der Waals surface area contributed by atoms with Crippen molar-refractivity contribution in [2.24, 2.45) is 4.99 Å². The summed E-state index contributed by atoms with van der Waals surface area (Å²) in [6.45, 7) is 4.46. The van der Waals surface area contributed by atoms with E-state index in [1.54, 1.807) is 23.4 Å². The van der Waals surface area contributed by atoms with Gasteiger partial charge in [0.1, 0.15) is 6.23 Å². The Balaban J connectivity index is 0.000000461. The van der Waals surface area contributed by atoms with Crippen LogP contribution in [0.1, 0.15) is 13.8 Å². The lowest BCUT2D eigenvalue weighted by molar-refractivity contribution is 0.0648. The number of allylic oxidation sites excluding steroid dienone is 1. The summed E-state index contributed by atoms with van der Waals surface area (Å²) in [7, 11) is 1.82. The first kappa shape index (κ1) is 10.2. The third-order valence-corrected chi connectivity index (χ3v) is 1.25. The normalized spacial score (nSPS) is 22.2. The van der Waals surface area contributed by atoms with Crippen LogP contribution in [0.4, 0.5) is 0 Å². The molecule has 11 heavy (non-hydrogen) atoms. The van der Waals surface area contributed by atoms with E-state index in [1.807, 2.05) is 20.9 Å². The van der Waals surface area contributed by atoms with Crippen LogP contribution in [0.5, 0.6) is 0 Å². The van der Waals surface area contributed by atoms with Gasteiger partial charge in [-0.05, 0) is 6.08 Å². The minimum atomic E-state index is -0.458. The number of aliphatic hydroxyl groups excluding tert-OH is 1. The lowest BCUT2D eigenvalue weighted by atomic mass is 10.5. The van der Waals surface area contributed by atoms with Crippen LogP contribution >= 0.6 is 0 Å². The largest absolute Gasteiger partial charge is 0.372 e. The summed E-state index contributed by atoms with van der Waals surface area (Å²) < 4.78 is 0. The Morgan fingerprint density at radius 3 is 2.82 bits per heavy atom. The van der Waals surface area contributed by atoms with Crippen LogP contribution in [0.15, 0.2) is 17.3 Å². The second-order valence-electron chi connectivity index (χ2n) is 2.00. The third-order valence-electron chi connectivity index (χ3n) is 1.25. The Bertz CT molecular complexity index is 143. The molecule has 0 radical (unpaired) electrons. The van der Waals surface area contributed by atoms with Gasteiger partial charge in [-0.2, -0.15) is 0 Å². The molecular weight excluding hydrogens is 140 g/mol. The van der Waals surface area contributed by atoms with Gasteiger partial charge in [0.25, 0.3) is 0 Å². The second-order valence-corrected chi connectivity index (χ2v) is 2.00. The van der Waals surface area contributed by atoms with E-state index in [1.165, 1.54) is 0 Å². The van der Waals surface area contributed by atoms with Gasteiger partial charge in [0.05, 0.1) is 6.54 Å². The van der Waals surface area contributed by atoms with E-state index < -0.39 is 6.23 Å². The summed E-state index contributed by atoms with van der Waals surface area (Å²) >= 11 is 0. The Morgan fingerprint density at radius 2 is 2.18 bits per heavy atom. The van der Waals surface area contributed by atoms with Crippen LogP contribution in [0, 0.1) is 0 Å². The molecule has 1 atom stereocenters. The van der Waals surface area contributed by atoms with Crippen molar-refractivity contribution in [3.05, 3.63) is 12.3 Å². The number of hydrogen-bond acceptors (Lipinski definition) is 3. The van der Waals surface area contributed by atoms with Crippen molar-refractivity contribution < 1.29 is 5.11 Å². The van der Waals surface area contributed by atoms with Gasteiger partial charge in [0, 0.05) is 19.5 Å². The van der Waals surface area contributed by atoms with Crippen LogP contribution in [-0.4, -0.2) is 36.0 Å². The Hall–Kier alpha value is -0.830. The zero-order valence-corrected chi connectivity index (χ0v) is 7.36. The predicted octanol–water partition coefficient (Wildman–Crippen LogP) is 0.861. The summed E-state index contributed by atoms with van der Waals surface area (Å²) in [6, 6.07) is 0. The molecule has 0 aromatic rings. The first-order valence-electron chi connectivity index (χ1n) is 3.87. The van der Waals surface area contributed by atoms with Crippen molar-refractivity contribution in [2.45, 2.75) is 20.1 Å². The van der Waals surface area contributed by atoms with E-state index in [4.69, 9.17) is 5.11 Å². The van der Waals surface area contributed by atoms with Gasteiger partial charge in [-0.25, -0.2) is 0 Å². The highest BCUT2D eigenvalue weighted by atomic mass is 16.3. The number of aliphatic imine (C=N–C) groups is 1. The molecule has 0 saturated carbocycles. The molecular formula is C8H16N2O. The highest BCUT2D eigenvalue weighted by Gasteiger charge is 2.05. The van der Waals surface area contributed by atoms with E-state index in [-0.39, 0.29) is 0 Å². The van der Waals surface area contributed by atoms with Crippen LogP contribution < -0.4 is 0 Å². The van der Waals surface area contributed by atoms with Crippen molar-refractivity contribution in [3.8, 4) is 0 Å². The molecule has 0 amide bonds. The van der Waals surface area contributed by atoms with Crippen molar-refractivity contribution >= 4 is 6.21 Å². The number of likely N-dealkylation sites (N-methyl/N-ethyl adjacent to an activating group) is 1. The fourth-order valence-corrected chi connectivity index (χ4v) is 0.618. The van der Waals surface area contributed by atoms with Crippen molar-refractivity contribution in [3.63, 3.8) is 0 Å². The molecule has 1 unspecified atom stereocenters. The highest BCUT2D eigenvalue weighted by Crippen LogP contribution is 1.95. The van der Waals surface area contributed by atoms with Gasteiger partial charge >= 0.3 is 0 Å². The van der Waals surface area contributed by atoms with Crippen molar-refractivity contribution in [1.29, 1.82) is 0 Å². The summed E-state index contributed by atoms with van der Waals surface area (Å²) in [5.41, 5.74) is 0. The molecule has 1 heterocycles. The minimum absolute atomic E-state index is 0.458. The summed E-state index contributed by atoms with van der Waals surface area (Å²) in [5, 5.41) is 9.12. The molecule has 0 aromatic carbocycles. The Kier molecular flexibility index (Phi) is 5.47. The SMILES string of the molecule is CC.CN1C=CC=NCC1O. The molecule has 0 aromatic heterocycles. The van der Waals surface area contributed by atoms with Gasteiger partial charge in [-0.3, -0.25) is 4.99 Å². The minimum Gasteiger partial charge on any atom is -0.372 e. The number of aliphatic hydroxyl groups is 1. The fraction of sp³-hybridized carbons (Fsp3) is 0.625. The highest BCUT2D eigenvalue weighted by molar-refractivity contribution is 5.71. The maximum Gasteiger partial charge on any atom is 0.145 e. The Labute approximate surface area is 68.1 Å². The molecule has 1 aliphatic rings. The van der Waals surface area contributed by atoms with Gasteiger partial charge < -0.3 is 10.0 Å². The van der Waals surface area contributed by atoms with E-state index >= 15 is 0 Å². The molecule has 1 aliphatic heterocycles. The second kappa shape index (κ2) is 5.92. The third kappa shape index (κ3) is 3.78. The molecule has 64 valence electrons. The molecule has 3 heteroatoms. The van der Waals surface area contributed by atoms with Gasteiger partial charge in [-0.1, -0.05) is 13.8 Å². The predicted molar refractivity (Wildman–Crippen MR) is 47.6 cm³/mol. The molecule has 3 nitrogen and oxygen atoms in total. The van der Waals surface area contributed by atoms with Crippen molar-refractivity contribution in [1.82, 2.24) is 4.90 Å². The van der Waals surface area contributed by atoms with Gasteiger partial charge in [0.15, 0.2) is 0 Å². The van der Waals surface area contributed by atoms with E-state index in [2.05, 4.69) is 4.99 Å². The molecule has 1 N–H and O–H groups in total. The monoisotopic (exact) mass is 156 g/mol. The lowest BCUT2D eigenvalue weighted by Gasteiger charge is -2.17. The average Bonchev–Trinajstić information content (AvgIpc) is 2.22. The maximum absolute atomic E-state index is 9.12. The van der Waals surface area contributed by atoms with Crippen LogP contribution in [0.25, 0.3) is 0 Å². The first-order chi connectivity index (χ1) is 5.30. The summed E-state index contributed by atoms with van der Waals surface area (Å²) in [4.78, 5) is 5.61. The molecule has 1 rings (SSSR count). The van der Waals surface area contributed by atoms with Crippen molar-refractivity contribution in [2.75, 3.05) is 13.6 Å². The first-order valence-corrected chi connectivity index (χ1v) is 3.87. The van der Waals surface area contributed by atoms with E-state index in [0.717, 1.165) is 0 Å². The average molecular weight is 156 g/mol. The summed E-state index contributed by atoms with van der Waals surface area (Å²) in [5.74, 6) is 0. The number of nitrogens with zero attached hydrogens (tertiary/aromatic N) is 2. The Morgan fingerprint density at radius 1 is 1.55 bits per heavy atom. The number of rotatable bonds is 0. The molecule has 0 bridgehead atoms. The number of hydrogen-bond donors (Lipinski definition) is 1. The quantitative estimate of drug-likeness (QED) is 0.564. The maximum atomic E-state index is 9.12. The topological polar surface area (TPSA) is 35.8 Å². The molecule has 0 saturated heterocycles. The van der Waals surface area contributed by atoms with E-state index in [0.29, 0.717) is 6.54 Å². The molecule has 0 spiro atoms. The van der Waals surface area contributed by atoms with Crippen LogP contribution in [-0.2, 0) is 0 Å².